The summed E-state index contributed by atoms with van der Waals surface area (Å²) in [6.45, 7) is 1.90. The van der Waals surface area contributed by atoms with Crippen molar-refractivity contribution in [2.75, 3.05) is 5.43 Å². The van der Waals surface area contributed by atoms with Gasteiger partial charge < -0.3 is 4.74 Å². The number of carbonyl (C=O) groups is 1. The van der Waals surface area contributed by atoms with Gasteiger partial charge in [-0.25, -0.2) is 4.79 Å². The number of hydrogen-bond acceptors (Lipinski definition) is 5. The number of rotatable bonds is 5. The van der Waals surface area contributed by atoms with Gasteiger partial charge in [0, 0.05) is 0 Å². The van der Waals surface area contributed by atoms with Gasteiger partial charge in [0.25, 0.3) is 10.0 Å². The number of anilines is 1. The highest BCUT2D eigenvalue weighted by molar-refractivity contribution is 7.89. The number of ether oxygens (including phenoxy) is 1. The van der Waals surface area contributed by atoms with Crippen LogP contribution in [0.4, 0.5) is 10.5 Å². The first kappa shape index (κ1) is 18.5. The summed E-state index contributed by atoms with van der Waals surface area (Å²) in [5.74, 6) is 0.244. The third-order valence-electron chi connectivity index (χ3n) is 3.68. The van der Waals surface area contributed by atoms with Gasteiger partial charge in [0.15, 0.2) is 0 Å². The summed E-state index contributed by atoms with van der Waals surface area (Å²) in [5, 5.41) is 0. The molecule has 0 aliphatic heterocycles. The molecule has 0 radical (unpaired) electrons. The van der Waals surface area contributed by atoms with E-state index in [0.717, 1.165) is 5.56 Å². The lowest BCUT2D eigenvalue weighted by molar-refractivity contribution is 0.184. The number of carbonyl (C=O) groups excluding carboxylic acids is 1. The second kappa shape index (κ2) is 7.92. The van der Waals surface area contributed by atoms with Crippen LogP contribution >= 0.6 is 0 Å². The van der Waals surface area contributed by atoms with Crippen molar-refractivity contribution in [3.05, 3.63) is 90.5 Å². The van der Waals surface area contributed by atoms with Gasteiger partial charge in [0.2, 0.25) is 0 Å². The van der Waals surface area contributed by atoms with Crippen molar-refractivity contribution in [1.29, 1.82) is 0 Å². The number of nitrogens with zero attached hydrogens (tertiary/aromatic N) is 1. The smallest absolute Gasteiger partial charge is 0.408 e. The van der Waals surface area contributed by atoms with Gasteiger partial charge in [-0.2, -0.15) is 8.42 Å². The van der Waals surface area contributed by atoms with Crippen LogP contribution in [0.3, 0.4) is 0 Å². The lowest BCUT2D eigenvalue weighted by atomic mass is 10.2. The zero-order chi connectivity index (χ0) is 19.3. The monoisotopic (exact) mass is 382 g/mol. The fraction of sp³-hybridized carbons (Fsp3) is 0.0500. The van der Waals surface area contributed by atoms with Gasteiger partial charge >= 0.3 is 6.09 Å². The van der Waals surface area contributed by atoms with E-state index >= 15 is 0 Å². The van der Waals surface area contributed by atoms with Crippen LogP contribution in [-0.4, -0.2) is 18.9 Å². The molecule has 138 valence electrons. The van der Waals surface area contributed by atoms with E-state index in [2.05, 4.69) is 5.43 Å². The highest BCUT2D eigenvalue weighted by Crippen LogP contribution is 2.20. The van der Waals surface area contributed by atoms with E-state index < -0.39 is 16.1 Å². The van der Waals surface area contributed by atoms with Gasteiger partial charge in [0.1, 0.15) is 5.75 Å². The summed E-state index contributed by atoms with van der Waals surface area (Å²) < 4.78 is 31.7. The largest absolute Gasteiger partial charge is 0.449 e. The average Bonchev–Trinajstić information content (AvgIpc) is 2.69. The quantitative estimate of drug-likeness (QED) is 0.669. The number of benzene rings is 3. The van der Waals surface area contributed by atoms with E-state index in [-0.39, 0.29) is 10.6 Å². The van der Waals surface area contributed by atoms with Crippen LogP contribution in [0.2, 0.25) is 0 Å². The molecule has 0 spiro atoms. The van der Waals surface area contributed by atoms with Crippen LogP contribution in [-0.2, 0) is 10.0 Å². The molecule has 0 bridgehead atoms. The van der Waals surface area contributed by atoms with Gasteiger partial charge in [-0.3, -0.25) is 5.43 Å². The van der Waals surface area contributed by atoms with Crippen molar-refractivity contribution < 1.29 is 17.9 Å². The minimum Gasteiger partial charge on any atom is -0.408 e. The summed E-state index contributed by atoms with van der Waals surface area (Å²) >= 11 is 0. The maximum Gasteiger partial charge on any atom is 0.449 e. The Balaban J connectivity index is 1.94. The summed E-state index contributed by atoms with van der Waals surface area (Å²) in [7, 11) is -4.18. The molecule has 0 unspecified atom stereocenters. The molecule has 3 aromatic rings. The van der Waals surface area contributed by atoms with E-state index in [1.807, 2.05) is 6.92 Å². The van der Waals surface area contributed by atoms with Crippen LogP contribution in [0, 0.1) is 6.92 Å². The minimum absolute atomic E-state index is 0.0331. The third kappa shape index (κ3) is 4.45. The topological polar surface area (TPSA) is 75.7 Å². The molecular formula is C20H18N2O4S. The summed E-state index contributed by atoms with van der Waals surface area (Å²) in [5.41, 5.74) is 4.04. The molecule has 0 aromatic heterocycles. The Hall–Kier alpha value is -3.32. The van der Waals surface area contributed by atoms with E-state index in [9.17, 15) is 13.2 Å². The number of amides is 1. The molecule has 1 amide bonds. The average molecular weight is 382 g/mol. The van der Waals surface area contributed by atoms with Gasteiger partial charge in [-0.05, 0) is 43.3 Å². The molecule has 3 aromatic carbocycles. The molecule has 0 fully saturated rings. The minimum atomic E-state index is -4.18. The Morgan fingerprint density at radius 2 is 1.41 bits per heavy atom. The maximum atomic E-state index is 13.0. The Labute approximate surface area is 158 Å². The van der Waals surface area contributed by atoms with E-state index in [1.54, 1.807) is 72.8 Å². The Kier molecular flexibility index (Phi) is 5.42. The SMILES string of the molecule is Cc1ccc(OC(=O)N(Nc2ccccc2)S(=O)(=O)c2ccccc2)cc1. The van der Waals surface area contributed by atoms with Crippen LogP contribution in [0.15, 0.2) is 89.8 Å². The van der Waals surface area contributed by atoms with Crippen molar-refractivity contribution in [2.24, 2.45) is 0 Å². The molecule has 0 aliphatic carbocycles. The molecule has 3 rings (SSSR count). The van der Waals surface area contributed by atoms with Crippen LogP contribution < -0.4 is 10.2 Å². The highest BCUT2D eigenvalue weighted by Gasteiger charge is 2.31. The number of para-hydroxylation sites is 1. The number of hydrazine groups is 1. The standard InChI is InChI=1S/C20H18N2O4S/c1-16-12-14-18(15-13-16)26-20(23)22(21-17-8-4-2-5-9-17)27(24,25)19-10-6-3-7-11-19/h2-15,21H,1H3. The van der Waals surface area contributed by atoms with Crippen molar-refractivity contribution in [1.82, 2.24) is 4.41 Å². The van der Waals surface area contributed by atoms with Crippen molar-refractivity contribution in [3.63, 3.8) is 0 Å². The fourth-order valence-corrected chi connectivity index (χ4v) is 3.45. The second-order valence-corrected chi connectivity index (χ2v) is 7.53. The Bertz CT molecular complexity index is 1000. The molecule has 27 heavy (non-hydrogen) atoms. The first-order valence-electron chi connectivity index (χ1n) is 8.17. The lowest BCUT2D eigenvalue weighted by Gasteiger charge is -2.23. The van der Waals surface area contributed by atoms with Gasteiger partial charge in [-0.15, -0.1) is 4.41 Å². The molecule has 7 heteroatoms. The summed E-state index contributed by atoms with van der Waals surface area (Å²) in [4.78, 5) is 12.7. The normalized spacial score (nSPS) is 10.9. The molecule has 0 aliphatic rings. The molecular weight excluding hydrogens is 364 g/mol. The molecule has 0 saturated heterocycles. The van der Waals surface area contributed by atoms with Crippen LogP contribution in [0.5, 0.6) is 5.75 Å². The lowest BCUT2D eigenvalue weighted by Crippen LogP contribution is -2.43. The molecule has 0 heterocycles. The van der Waals surface area contributed by atoms with E-state index in [1.165, 1.54) is 12.1 Å². The predicted molar refractivity (Wildman–Crippen MR) is 103 cm³/mol. The Morgan fingerprint density at radius 3 is 2.00 bits per heavy atom. The van der Waals surface area contributed by atoms with E-state index in [4.69, 9.17) is 4.74 Å². The van der Waals surface area contributed by atoms with Crippen molar-refractivity contribution in [2.45, 2.75) is 11.8 Å². The molecule has 0 saturated carbocycles. The second-order valence-electron chi connectivity index (χ2n) is 5.74. The first-order chi connectivity index (χ1) is 13.0. The van der Waals surface area contributed by atoms with Gasteiger partial charge in [-0.1, -0.05) is 54.1 Å². The predicted octanol–water partition coefficient (Wildman–Crippen LogP) is 4.21. The number of hydrogen-bond donors (Lipinski definition) is 1. The Morgan fingerprint density at radius 1 is 0.852 bits per heavy atom. The van der Waals surface area contributed by atoms with Crippen LogP contribution in [0.25, 0.3) is 0 Å². The first-order valence-corrected chi connectivity index (χ1v) is 9.61. The zero-order valence-corrected chi connectivity index (χ0v) is 15.4. The third-order valence-corrected chi connectivity index (χ3v) is 5.27. The summed E-state index contributed by atoms with van der Waals surface area (Å²) in [6.07, 6.45) is -1.06. The van der Waals surface area contributed by atoms with Crippen molar-refractivity contribution in [3.8, 4) is 5.75 Å². The summed E-state index contributed by atoms with van der Waals surface area (Å²) in [6, 6.07) is 22.9. The van der Waals surface area contributed by atoms with E-state index in [0.29, 0.717) is 10.1 Å². The number of sulfonamides is 1. The van der Waals surface area contributed by atoms with Crippen molar-refractivity contribution >= 4 is 21.8 Å². The molecule has 1 N–H and O–H groups in total. The van der Waals surface area contributed by atoms with Gasteiger partial charge in [0.05, 0.1) is 10.6 Å². The fourth-order valence-electron chi connectivity index (χ4n) is 2.28. The number of nitrogens with one attached hydrogen (secondary N) is 1. The van der Waals surface area contributed by atoms with Crippen LogP contribution in [0.1, 0.15) is 5.56 Å². The zero-order valence-electron chi connectivity index (χ0n) is 14.6. The molecule has 0 atom stereocenters. The molecule has 6 nitrogen and oxygen atoms in total. The number of aryl methyl sites for hydroxylation is 1. The maximum absolute atomic E-state index is 13.0. The highest BCUT2D eigenvalue weighted by atomic mass is 32.2.